The Morgan fingerprint density at radius 1 is 1.12 bits per heavy atom. The average Bonchev–Trinajstić information content (AvgIpc) is 2.88. The van der Waals surface area contributed by atoms with Crippen LogP contribution in [-0.2, 0) is 0 Å². The van der Waals surface area contributed by atoms with Gasteiger partial charge in [-0.05, 0) is 24.6 Å². The Morgan fingerprint density at radius 2 is 1.80 bits per heavy atom. The molecule has 0 saturated carbocycles. The van der Waals surface area contributed by atoms with Gasteiger partial charge >= 0.3 is 0 Å². The molecule has 2 atom stereocenters. The number of nitrogens with two attached hydrogens (primary N) is 1. The molecule has 4 rings (SSSR count). The molecule has 2 aliphatic heterocycles. The maximum atomic E-state index is 14.6. The van der Waals surface area contributed by atoms with Gasteiger partial charge in [-0.1, -0.05) is 12.1 Å². The van der Waals surface area contributed by atoms with E-state index < -0.39 is 24.0 Å². The number of nitrogens with zero attached hydrogens (tertiary/aromatic N) is 3. The van der Waals surface area contributed by atoms with E-state index in [0.29, 0.717) is 23.4 Å². The van der Waals surface area contributed by atoms with E-state index in [9.17, 15) is 14.0 Å². The van der Waals surface area contributed by atoms with Crippen LogP contribution in [0, 0.1) is 0 Å². The van der Waals surface area contributed by atoms with Gasteiger partial charge in [0, 0.05) is 19.3 Å². The van der Waals surface area contributed by atoms with E-state index in [0.717, 1.165) is 10.6 Å². The molecule has 0 bridgehead atoms. The molecule has 25 heavy (non-hydrogen) atoms. The lowest BCUT2D eigenvalue weighted by molar-refractivity contribution is 0.0463. The van der Waals surface area contributed by atoms with Gasteiger partial charge in [0.15, 0.2) is 0 Å². The summed E-state index contributed by atoms with van der Waals surface area (Å²) >= 11 is 0. The molecule has 2 aromatic rings. The molecule has 1 saturated heterocycles. The van der Waals surface area contributed by atoms with Gasteiger partial charge in [0.2, 0.25) is 0 Å². The third-order valence-electron chi connectivity index (χ3n) is 4.83. The fourth-order valence-corrected chi connectivity index (χ4v) is 3.56. The summed E-state index contributed by atoms with van der Waals surface area (Å²) in [5.74, 6) is -0.865. The van der Waals surface area contributed by atoms with E-state index in [4.69, 9.17) is 5.73 Å². The van der Waals surface area contributed by atoms with Crippen molar-refractivity contribution in [1.29, 1.82) is 0 Å². The smallest absolute Gasteiger partial charge is 0.261 e. The maximum absolute atomic E-state index is 14.6. The van der Waals surface area contributed by atoms with Gasteiger partial charge in [0.05, 0.1) is 34.7 Å². The number of imide groups is 1. The van der Waals surface area contributed by atoms with Crippen molar-refractivity contribution in [3.05, 3.63) is 53.9 Å². The zero-order valence-corrected chi connectivity index (χ0v) is 13.4. The fourth-order valence-electron chi connectivity index (χ4n) is 3.56. The number of amides is 2. The van der Waals surface area contributed by atoms with Gasteiger partial charge in [-0.25, -0.2) is 4.39 Å². The summed E-state index contributed by atoms with van der Waals surface area (Å²) < 4.78 is 14.6. The van der Waals surface area contributed by atoms with Crippen LogP contribution in [0.15, 0.2) is 42.7 Å². The predicted octanol–water partition coefficient (Wildman–Crippen LogP) is 1.88. The Labute approximate surface area is 144 Å². The first-order valence-corrected chi connectivity index (χ1v) is 8.13. The lowest BCUT2D eigenvalue weighted by atomic mass is 10.0. The van der Waals surface area contributed by atoms with Gasteiger partial charge < -0.3 is 10.6 Å². The molecule has 3 heterocycles. The third kappa shape index (κ3) is 2.43. The molecule has 7 heteroatoms. The second kappa shape index (κ2) is 5.84. The van der Waals surface area contributed by atoms with Crippen LogP contribution in [-0.4, -0.2) is 47.0 Å². The number of carbonyl (C=O) groups is 2. The highest BCUT2D eigenvalue weighted by Gasteiger charge is 2.45. The van der Waals surface area contributed by atoms with Crippen molar-refractivity contribution in [2.24, 2.45) is 0 Å². The molecule has 6 nitrogen and oxygen atoms in total. The Hall–Kier alpha value is -2.96. The molecular weight excluding hydrogens is 323 g/mol. The minimum Gasteiger partial charge on any atom is -0.396 e. The standard InChI is InChI=1S/C18H17FN4O2/c19-13-6-8-22(15-5-7-21-9-14(15)20)10-16(13)23-17(24)11-3-1-2-4-12(11)18(23)25/h1-5,7,9,13,16H,6,8,10,20H2/t13-,16+/m1/s1. The molecule has 2 aliphatic rings. The Morgan fingerprint density at radius 3 is 2.44 bits per heavy atom. The van der Waals surface area contributed by atoms with Crippen molar-refractivity contribution in [1.82, 2.24) is 9.88 Å². The van der Waals surface area contributed by atoms with Gasteiger partial charge in [0.1, 0.15) is 6.17 Å². The van der Waals surface area contributed by atoms with Crippen LogP contribution in [0.3, 0.4) is 0 Å². The molecular formula is C18H17FN4O2. The minimum absolute atomic E-state index is 0.209. The van der Waals surface area contributed by atoms with Gasteiger partial charge in [0.25, 0.3) is 11.8 Å². The van der Waals surface area contributed by atoms with E-state index in [2.05, 4.69) is 4.98 Å². The molecule has 0 spiro atoms. The molecule has 1 aromatic carbocycles. The lowest BCUT2D eigenvalue weighted by Crippen LogP contribution is -2.56. The van der Waals surface area contributed by atoms with Crippen LogP contribution in [0.1, 0.15) is 27.1 Å². The van der Waals surface area contributed by atoms with Crippen LogP contribution in [0.4, 0.5) is 15.8 Å². The number of piperidine rings is 1. The molecule has 0 aliphatic carbocycles. The zero-order chi connectivity index (χ0) is 17.6. The van der Waals surface area contributed by atoms with E-state index >= 15 is 0 Å². The van der Waals surface area contributed by atoms with Gasteiger partial charge in [-0.2, -0.15) is 0 Å². The van der Waals surface area contributed by atoms with Crippen molar-refractivity contribution in [2.45, 2.75) is 18.6 Å². The molecule has 1 aromatic heterocycles. The Bertz CT molecular complexity index is 821. The monoisotopic (exact) mass is 340 g/mol. The topological polar surface area (TPSA) is 79.5 Å². The first kappa shape index (κ1) is 15.6. The first-order valence-electron chi connectivity index (χ1n) is 8.13. The molecule has 2 N–H and O–H groups in total. The SMILES string of the molecule is Nc1cnccc1N1CC[C@@H](F)[C@@H](N2C(=O)c3ccccc3C2=O)C1. The molecule has 1 fully saturated rings. The summed E-state index contributed by atoms with van der Waals surface area (Å²) in [4.78, 5) is 32.2. The van der Waals surface area contributed by atoms with Crippen LogP contribution in [0.2, 0.25) is 0 Å². The molecule has 128 valence electrons. The number of hydrogen-bond donors (Lipinski definition) is 1. The maximum Gasteiger partial charge on any atom is 0.261 e. The number of benzene rings is 1. The van der Waals surface area contributed by atoms with Crippen LogP contribution in [0.5, 0.6) is 0 Å². The first-order chi connectivity index (χ1) is 12.1. The summed E-state index contributed by atoms with van der Waals surface area (Å²) in [6, 6.07) is 7.52. The Balaban J connectivity index is 1.65. The van der Waals surface area contributed by atoms with E-state index in [1.54, 1.807) is 36.5 Å². The summed E-state index contributed by atoms with van der Waals surface area (Å²) in [6.07, 6.45) is 2.11. The third-order valence-corrected chi connectivity index (χ3v) is 4.83. The average molecular weight is 340 g/mol. The number of nitrogen functional groups attached to an aromatic ring is 1. The number of halogens is 1. The summed E-state index contributed by atoms with van der Waals surface area (Å²) in [7, 11) is 0. The highest BCUT2D eigenvalue weighted by atomic mass is 19.1. The lowest BCUT2D eigenvalue weighted by Gasteiger charge is -2.40. The van der Waals surface area contributed by atoms with Gasteiger partial charge in [-0.3, -0.25) is 19.5 Å². The summed E-state index contributed by atoms with van der Waals surface area (Å²) in [5.41, 5.74) is 7.86. The van der Waals surface area contributed by atoms with Crippen LogP contribution >= 0.6 is 0 Å². The van der Waals surface area contributed by atoms with Gasteiger partial charge in [-0.15, -0.1) is 0 Å². The molecule has 0 radical (unpaired) electrons. The van der Waals surface area contributed by atoms with E-state index in [1.165, 1.54) is 6.20 Å². The number of alkyl halides is 1. The second-order valence-electron chi connectivity index (χ2n) is 6.28. The largest absolute Gasteiger partial charge is 0.396 e. The van der Waals surface area contributed by atoms with Crippen LogP contribution < -0.4 is 10.6 Å². The Kier molecular flexibility index (Phi) is 3.63. The predicted molar refractivity (Wildman–Crippen MR) is 91.1 cm³/mol. The van der Waals surface area contributed by atoms with E-state index in [-0.39, 0.29) is 13.0 Å². The van der Waals surface area contributed by atoms with Crippen LogP contribution in [0.25, 0.3) is 0 Å². The minimum atomic E-state index is -1.26. The quantitative estimate of drug-likeness (QED) is 0.845. The normalized spacial score (nSPS) is 23.1. The number of anilines is 2. The van der Waals surface area contributed by atoms with Crippen molar-refractivity contribution in [2.75, 3.05) is 23.7 Å². The highest BCUT2D eigenvalue weighted by molar-refractivity contribution is 6.21. The van der Waals surface area contributed by atoms with Crippen molar-refractivity contribution < 1.29 is 14.0 Å². The number of carbonyl (C=O) groups excluding carboxylic acids is 2. The van der Waals surface area contributed by atoms with Crippen molar-refractivity contribution >= 4 is 23.2 Å². The number of aromatic nitrogens is 1. The van der Waals surface area contributed by atoms with Crippen molar-refractivity contribution in [3.63, 3.8) is 0 Å². The number of rotatable bonds is 2. The summed E-state index contributed by atoms with van der Waals surface area (Å²) in [5, 5.41) is 0. The van der Waals surface area contributed by atoms with Crippen molar-refractivity contribution in [3.8, 4) is 0 Å². The van der Waals surface area contributed by atoms with E-state index in [1.807, 2.05) is 4.90 Å². The highest BCUT2D eigenvalue weighted by Crippen LogP contribution is 2.32. The number of pyridine rings is 1. The molecule has 2 amide bonds. The zero-order valence-electron chi connectivity index (χ0n) is 13.4. The fraction of sp³-hybridized carbons (Fsp3) is 0.278. The number of hydrogen-bond acceptors (Lipinski definition) is 5. The number of fused-ring (bicyclic) bond motifs is 1. The molecule has 0 unspecified atom stereocenters. The summed E-state index contributed by atoms with van der Waals surface area (Å²) in [6.45, 7) is 0.676. The second-order valence-corrected chi connectivity index (χ2v) is 6.28.